The van der Waals surface area contributed by atoms with Crippen LogP contribution in [-0.4, -0.2) is 41.7 Å². The molecule has 1 N–H and O–H groups in total. The summed E-state index contributed by atoms with van der Waals surface area (Å²) in [5, 5.41) is 9.15. The number of rotatable bonds is 6. The number of halogens is 2. The molecule has 21 heavy (non-hydrogen) atoms. The van der Waals surface area contributed by atoms with Gasteiger partial charge in [-0.05, 0) is 37.9 Å². The molecule has 0 saturated carbocycles. The quantitative estimate of drug-likeness (QED) is 0.821. The highest BCUT2D eigenvalue weighted by molar-refractivity contribution is 5.73. The molecule has 1 aliphatic rings. The van der Waals surface area contributed by atoms with E-state index in [1.807, 2.05) is 4.90 Å². The maximum atomic E-state index is 13.0. The van der Waals surface area contributed by atoms with Gasteiger partial charge in [0.25, 0.3) is 0 Å². The Hall–Kier alpha value is -1.69. The fraction of sp³-hybridized carbons (Fsp3) is 0.533. The van der Waals surface area contributed by atoms with E-state index in [1.165, 1.54) is 6.07 Å². The average Bonchev–Trinajstić information content (AvgIpc) is 2.47. The molecule has 6 heteroatoms. The number of ether oxygens (including phenoxy) is 1. The predicted molar refractivity (Wildman–Crippen MR) is 73.3 cm³/mol. The van der Waals surface area contributed by atoms with Crippen LogP contribution >= 0.6 is 0 Å². The Morgan fingerprint density at radius 3 is 2.86 bits per heavy atom. The number of likely N-dealkylation sites (tertiary alicyclic amines) is 1. The molecule has 1 aliphatic heterocycles. The maximum absolute atomic E-state index is 13.0. The number of carboxylic acid groups (broad SMARTS) is 1. The van der Waals surface area contributed by atoms with Crippen molar-refractivity contribution in [3.63, 3.8) is 0 Å². The third-order valence-electron chi connectivity index (χ3n) is 3.65. The Bertz CT molecular complexity index is 496. The lowest BCUT2D eigenvalue weighted by atomic mass is 10.0. The van der Waals surface area contributed by atoms with Crippen LogP contribution in [0.2, 0.25) is 0 Å². The molecule has 1 atom stereocenters. The van der Waals surface area contributed by atoms with Crippen molar-refractivity contribution in [2.24, 2.45) is 0 Å². The largest absolute Gasteiger partial charge is 0.493 e. The number of carboxylic acids is 1. The Morgan fingerprint density at radius 2 is 2.14 bits per heavy atom. The molecule has 0 aromatic heterocycles. The van der Waals surface area contributed by atoms with Crippen LogP contribution in [0.25, 0.3) is 0 Å². The van der Waals surface area contributed by atoms with E-state index in [2.05, 4.69) is 0 Å². The van der Waals surface area contributed by atoms with Crippen LogP contribution in [0.5, 0.6) is 5.75 Å². The van der Waals surface area contributed by atoms with E-state index < -0.39 is 23.6 Å². The smallest absolute Gasteiger partial charge is 0.320 e. The van der Waals surface area contributed by atoms with Gasteiger partial charge in [0.05, 0.1) is 6.61 Å². The number of carbonyl (C=O) groups is 1. The van der Waals surface area contributed by atoms with Crippen LogP contribution in [0.1, 0.15) is 25.7 Å². The molecule has 0 amide bonds. The molecule has 0 bridgehead atoms. The van der Waals surface area contributed by atoms with Crippen molar-refractivity contribution in [3.05, 3.63) is 29.8 Å². The summed E-state index contributed by atoms with van der Waals surface area (Å²) >= 11 is 0. The van der Waals surface area contributed by atoms with Crippen molar-refractivity contribution in [2.45, 2.75) is 31.7 Å². The van der Waals surface area contributed by atoms with Crippen LogP contribution in [0.4, 0.5) is 8.78 Å². The maximum Gasteiger partial charge on any atom is 0.320 e. The second-order valence-electron chi connectivity index (χ2n) is 5.16. The molecule has 0 aliphatic carbocycles. The van der Waals surface area contributed by atoms with E-state index in [4.69, 9.17) is 9.84 Å². The summed E-state index contributed by atoms with van der Waals surface area (Å²) in [7, 11) is 0. The summed E-state index contributed by atoms with van der Waals surface area (Å²) in [5.74, 6) is -2.34. The van der Waals surface area contributed by atoms with Gasteiger partial charge in [0.1, 0.15) is 11.8 Å². The molecule has 1 aromatic carbocycles. The van der Waals surface area contributed by atoms with Gasteiger partial charge in [-0.25, -0.2) is 8.78 Å². The lowest BCUT2D eigenvalue weighted by Crippen LogP contribution is -2.45. The molecule has 1 heterocycles. The lowest BCUT2D eigenvalue weighted by molar-refractivity contribution is -0.144. The number of hydrogen-bond donors (Lipinski definition) is 1. The zero-order valence-electron chi connectivity index (χ0n) is 11.7. The number of benzene rings is 1. The highest BCUT2D eigenvalue weighted by Crippen LogP contribution is 2.18. The van der Waals surface area contributed by atoms with Gasteiger partial charge in [-0.1, -0.05) is 6.42 Å². The molecule has 0 spiro atoms. The topological polar surface area (TPSA) is 49.8 Å². The molecular weight excluding hydrogens is 280 g/mol. The first kappa shape index (κ1) is 15.7. The normalized spacial score (nSPS) is 19.4. The molecule has 1 aromatic rings. The summed E-state index contributed by atoms with van der Waals surface area (Å²) in [6.07, 6.45) is 3.27. The summed E-state index contributed by atoms with van der Waals surface area (Å²) in [5.41, 5.74) is 0. The van der Waals surface area contributed by atoms with Gasteiger partial charge in [0.2, 0.25) is 0 Å². The Morgan fingerprint density at radius 1 is 1.33 bits per heavy atom. The zero-order valence-corrected chi connectivity index (χ0v) is 11.7. The fourth-order valence-electron chi connectivity index (χ4n) is 2.56. The van der Waals surface area contributed by atoms with Crippen molar-refractivity contribution in [2.75, 3.05) is 19.7 Å². The van der Waals surface area contributed by atoms with Crippen molar-refractivity contribution < 1.29 is 23.4 Å². The van der Waals surface area contributed by atoms with E-state index >= 15 is 0 Å². The molecule has 1 saturated heterocycles. The van der Waals surface area contributed by atoms with Gasteiger partial charge in [-0.3, -0.25) is 9.69 Å². The third-order valence-corrected chi connectivity index (χ3v) is 3.65. The second kappa shape index (κ2) is 7.36. The van der Waals surface area contributed by atoms with Gasteiger partial charge in [-0.15, -0.1) is 0 Å². The van der Waals surface area contributed by atoms with E-state index in [0.717, 1.165) is 31.5 Å². The lowest BCUT2D eigenvalue weighted by Gasteiger charge is -2.32. The van der Waals surface area contributed by atoms with Crippen molar-refractivity contribution in [1.29, 1.82) is 0 Å². The molecule has 1 fully saturated rings. The summed E-state index contributed by atoms with van der Waals surface area (Å²) < 4.78 is 31.1. The highest BCUT2D eigenvalue weighted by atomic mass is 19.2. The monoisotopic (exact) mass is 299 g/mol. The van der Waals surface area contributed by atoms with Gasteiger partial charge in [-0.2, -0.15) is 0 Å². The van der Waals surface area contributed by atoms with Crippen LogP contribution in [-0.2, 0) is 4.79 Å². The summed E-state index contributed by atoms with van der Waals surface area (Å²) in [6.45, 7) is 1.75. The van der Waals surface area contributed by atoms with E-state index in [1.54, 1.807) is 0 Å². The SMILES string of the molecule is O=C(O)C1CCCCN1CCCOc1ccc(F)c(F)c1. The second-order valence-corrected chi connectivity index (χ2v) is 5.16. The van der Waals surface area contributed by atoms with Crippen LogP contribution in [0.3, 0.4) is 0 Å². The van der Waals surface area contributed by atoms with Crippen LogP contribution in [0.15, 0.2) is 18.2 Å². The molecule has 1 unspecified atom stereocenters. The van der Waals surface area contributed by atoms with Crippen molar-refractivity contribution in [3.8, 4) is 5.75 Å². The van der Waals surface area contributed by atoms with E-state index in [-0.39, 0.29) is 5.75 Å². The van der Waals surface area contributed by atoms with Crippen molar-refractivity contribution >= 4 is 5.97 Å². The Labute approximate surface area is 122 Å². The predicted octanol–water partition coefficient (Wildman–Crippen LogP) is 2.67. The minimum Gasteiger partial charge on any atom is -0.493 e. The van der Waals surface area contributed by atoms with Crippen LogP contribution in [0, 0.1) is 11.6 Å². The van der Waals surface area contributed by atoms with Gasteiger partial charge >= 0.3 is 5.97 Å². The summed E-state index contributed by atoms with van der Waals surface area (Å²) in [6, 6.07) is 2.99. The summed E-state index contributed by atoms with van der Waals surface area (Å²) in [4.78, 5) is 13.1. The molecule has 4 nitrogen and oxygen atoms in total. The van der Waals surface area contributed by atoms with Gasteiger partial charge in [0.15, 0.2) is 11.6 Å². The zero-order chi connectivity index (χ0) is 15.2. The molecule has 2 rings (SSSR count). The average molecular weight is 299 g/mol. The van der Waals surface area contributed by atoms with Crippen molar-refractivity contribution in [1.82, 2.24) is 4.90 Å². The van der Waals surface area contributed by atoms with E-state index in [0.29, 0.717) is 26.0 Å². The third kappa shape index (κ3) is 4.39. The van der Waals surface area contributed by atoms with Gasteiger partial charge in [0, 0.05) is 12.6 Å². The minimum atomic E-state index is -0.936. The first-order chi connectivity index (χ1) is 10.1. The Balaban J connectivity index is 1.75. The highest BCUT2D eigenvalue weighted by Gasteiger charge is 2.27. The number of nitrogens with zero attached hydrogens (tertiary/aromatic N) is 1. The molecular formula is C15H19F2NO3. The number of hydrogen-bond acceptors (Lipinski definition) is 3. The number of aliphatic carboxylic acids is 1. The van der Waals surface area contributed by atoms with E-state index in [9.17, 15) is 13.6 Å². The number of piperidine rings is 1. The van der Waals surface area contributed by atoms with Gasteiger partial charge < -0.3 is 9.84 Å². The minimum absolute atomic E-state index is 0.280. The first-order valence-corrected chi connectivity index (χ1v) is 7.12. The standard InChI is InChI=1S/C15H19F2NO3/c16-12-6-5-11(10-13(12)17)21-9-3-8-18-7-2-1-4-14(18)15(19)20/h5-6,10,14H,1-4,7-9H2,(H,19,20). The van der Waals surface area contributed by atoms with Crippen LogP contribution < -0.4 is 4.74 Å². The first-order valence-electron chi connectivity index (χ1n) is 7.12. The molecule has 116 valence electrons. The Kier molecular flexibility index (Phi) is 5.50. The molecule has 0 radical (unpaired) electrons. The fourth-order valence-corrected chi connectivity index (χ4v) is 2.56.